The van der Waals surface area contributed by atoms with Crippen molar-refractivity contribution in [1.82, 2.24) is 15.3 Å². The average Bonchev–Trinajstić information content (AvgIpc) is 2.60. The predicted octanol–water partition coefficient (Wildman–Crippen LogP) is 2.90. The zero-order valence-electron chi connectivity index (χ0n) is 15.0. The molecular weight excluding hydrogens is 365 g/mol. The van der Waals surface area contributed by atoms with Crippen molar-refractivity contribution in [1.29, 1.82) is 0 Å². The molecule has 10 heteroatoms. The second-order valence-corrected chi connectivity index (χ2v) is 5.44. The number of carbonyl (C=O) groups is 1. The fourth-order valence-electron chi connectivity index (χ4n) is 2.09. The summed E-state index contributed by atoms with van der Waals surface area (Å²) in [5.41, 5.74) is 7.25. The first kappa shape index (κ1) is 22.2. The number of hydrogen-bond acceptors (Lipinski definition) is 6. The fraction of sp³-hybridized carbons (Fsp3) is 0.353. The zero-order chi connectivity index (χ0) is 20.6. The third kappa shape index (κ3) is 7.48. The van der Waals surface area contributed by atoms with Crippen molar-refractivity contribution in [2.45, 2.75) is 26.1 Å². The summed E-state index contributed by atoms with van der Waals surface area (Å²) in [5, 5.41) is 9.74. The van der Waals surface area contributed by atoms with Crippen molar-refractivity contribution in [3.05, 3.63) is 47.4 Å². The normalized spacial score (nSPS) is 11.8. The van der Waals surface area contributed by atoms with Crippen LogP contribution in [-0.4, -0.2) is 40.9 Å². The standard InChI is InChI=1S/C16H17F3N4O2.CH4O.2H2/c1-9-5-11(6-14(20)22-9)10(2)23-15(24)13-4-3-12(7-21-13)25-8-16(17,18)19;1-2;;/h3-7,10H,8H2,1-2H3,(H2,20,22)(H,23,24);2H,1H3;2*1H. The Balaban J connectivity index is 0. The summed E-state index contributed by atoms with van der Waals surface area (Å²) in [6.45, 7) is 2.14. The van der Waals surface area contributed by atoms with Crippen LogP contribution in [0.25, 0.3) is 0 Å². The molecule has 0 fully saturated rings. The van der Waals surface area contributed by atoms with E-state index in [0.717, 1.165) is 24.6 Å². The van der Waals surface area contributed by atoms with E-state index in [1.165, 1.54) is 12.1 Å². The lowest BCUT2D eigenvalue weighted by atomic mass is 10.1. The number of nitrogens with one attached hydrogen (secondary N) is 1. The number of pyridine rings is 2. The predicted molar refractivity (Wildman–Crippen MR) is 97.4 cm³/mol. The number of ether oxygens (including phenoxy) is 1. The van der Waals surface area contributed by atoms with Gasteiger partial charge in [-0.3, -0.25) is 4.79 Å². The minimum Gasteiger partial charge on any atom is -0.483 e. The molecule has 1 atom stereocenters. The highest BCUT2D eigenvalue weighted by Crippen LogP contribution is 2.19. The van der Waals surface area contributed by atoms with Gasteiger partial charge in [-0.25, -0.2) is 9.97 Å². The second kappa shape index (κ2) is 9.72. The number of nitrogens with zero attached hydrogens (tertiary/aromatic N) is 2. The van der Waals surface area contributed by atoms with Crippen LogP contribution in [0.1, 0.15) is 37.6 Å². The van der Waals surface area contributed by atoms with Gasteiger partial charge in [-0.1, -0.05) is 0 Å². The number of nitrogen functional groups attached to an aromatic ring is 1. The van der Waals surface area contributed by atoms with Crippen LogP contribution in [0.3, 0.4) is 0 Å². The summed E-state index contributed by atoms with van der Waals surface area (Å²) in [6.07, 6.45) is -3.37. The molecule has 0 aromatic carbocycles. The summed E-state index contributed by atoms with van der Waals surface area (Å²) in [5.74, 6) is -0.192. The van der Waals surface area contributed by atoms with Crippen LogP contribution in [0.5, 0.6) is 5.75 Å². The number of alkyl halides is 3. The van der Waals surface area contributed by atoms with Crippen LogP contribution in [0.15, 0.2) is 30.5 Å². The molecule has 2 aromatic rings. The summed E-state index contributed by atoms with van der Waals surface area (Å²) in [6, 6.07) is 5.65. The molecule has 2 rings (SSSR count). The SMILES string of the molecule is CO.Cc1cc(C(C)NC(=O)c2ccc(OCC(F)(F)F)cn2)cc(N)n1.[HH].[HH]. The maximum absolute atomic E-state index is 12.2. The third-order valence-corrected chi connectivity index (χ3v) is 3.21. The Morgan fingerprint density at radius 2 is 2.04 bits per heavy atom. The van der Waals surface area contributed by atoms with Crippen LogP contribution in [-0.2, 0) is 0 Å². The maximum Gasteiger partial charge on any atom is 0.422 e. The van der Waals surface area contributed by atoms with E-state index >= 15 is 0 Å². The summed E-state index contributed by atoms with van der Waals surface area (Å²) in [4.78, 5) is 20.1. The van der Waals surface area contributed by atoms with Crippen molar-refractivity contribution >= 4 is 11.7 Å². The van der Waals surface area contributed by atoms with Crippen molar-refractivity contribution in [3.8, 4) is 5.75 Å². The highest BCUT2D eigenvalue weighted by molar-refractivity contribution is 5.92. The number of amides is 1. The largest absolute Gasteiger partial charge is 0.483 e. The van der Waals surface area contributed by atoms with E-state index in [9.17, 15) is 18.0 Å². The van der Waals surface area contributed by atoms with Crippen LogP contribution in [0, 0.1) is 6.92 Å². The summed E-state index contributed by atoms with van der Waals surface area (Å²) < 4.78 is 40.8. The molecule has 7 nitrogen and oxygen atoms in total. The van der Waals surface area contributed by atoms with E-state index in [2.05, 4.69) is 20.0 Å². The Hall–Kier alpha value is -2.88. The summed E-state index contributed by atoms with van der Waals surface area (Å²) in [7, 11) is 1.00. The van der Waals surface area contributed by atoms with Gasteiger partial charge in [-0.2, -0.15) is 13.2 Å². The van der Waals surface area contributed by atoms with Crippen molar-refractivity contribution in [2.24, 2.45) is 0 Å². The monoisotopic (exact) mass is 390 g/mol. The second-order valence-electron chi connectivity index (χ2n) is 5.44. The number of aliphatic hydroxyl groups excluding tert-OH is 1. The number of carbonyl (C=O) groups excluding carboxylic acids is 1. The molecule has 0 saturated heterocycles. The van der Waals surface area contributed by atoms with Gasteiger partial charge in [0, 0.05) is 15.7 Å². The Labute approximate surface area is 157 Å². The average molecular weight is 390 g/mol. The van der Waals surface area contributed by atoms with E-state index in [0.29, 0.717) is 5.82 Å². The Morgan fingerprint density at radius 3 is 2.56 bits per heavy atom. The molecule has 4 N–H and O–H groups in total. The molecule has 1 unspecified atom stereocenters. The lowest BCUT2D eigenvalue weighted by Gasteiger charge is -2.15. The van der Waals surface area contributed by atoms with Crippen LogP contribution < -0.4 is 15.8 Å². The van der Waals surface area contributed by atoms with Gasteiger partial charge in [-0.15, -0.1) is 0 Å². The first-order valence-corrected chi connectivity index (χ1v) is 7.79. The van der Waals surface area contributed by atoms with E-state index in [1.807, 2.05) is 0 Å². The molecule has 0 aliphatic heterocycles. The molecule has 0 radical (unpaired) electrons. The number of halogens is 3. The molecule has 27 heavy (non-hydrogen) atoms. The topological polar surface area (TPSA) is 110 Å². The van der Waals surface area contributed by atoms with Gasteiger partial charge in [0.1, 0.15) is 17.3 Å². The Bertz CT molecular complexity index is 742. The minimum absolute atomic E-state index is 0. The molecule has 0 saturated carbocycles. The van der Waals surface area contributed by atoms with Gasteiger partial charge in [-0.05, 0) is 43.7 Å². The quantitative estimate of drug-likeness (QED) is 0.724. The highest BCUT2D eigenvalue weighted by atomic mass is 19.4. The number of nitrogens with two attached hydrogens (primary N) is 1. The lowest BCUT2D eigenvalue weighted by molar-refractivity contribution is -0.153. The molecule has 0 spiro atoms. The number of aromatic nitrogens is 2. The van der Waals surface area contributed by atoms with Crippen LogP contribution >= 0.6 is 0 Å². The van der Waals surface area contributed by atoms with E-state index in [1.54, 1.807) is 26.0 Å². The Kier molecular flexibility index (Phi) is 7.98. The van der Waals surface area contributed by atoms with Gasteiger partial charge >= 0.3 is 6.18 Å². The molecule has 2 heterocycles. The number of anilines is 1. The van der Waals surface area contributed by atoms with Crippen molar-refractivity contribution in [3.63, 3.8) is 0 Å². The fourth-order valence-corrected chi connectivity index (χ4v) is 2.09. The third-order valence-electron chi connectivity index (χ3n) is 3.21. The van der Waals surface area contributed by atoms with Crippen LogP contribution in [0.4, 0.5) is 19.0 Å². The minimum atomic E-state index is -4.43. The van der Waals surface area contributed by atoms with E-state index < -0.39 is 18.7 Å². The van der Waals surface area contributed by atoms with Crippen molar-refractivity contribution in [2.75, 3.05) is 19.5 Å². The number of rotatable bonds is 5. The molecule has 0 aliphatic rings. The van der Waals surface area contributed by atoms with Crippen molar-refractivity contribution < 1.29 is 30.7 Å². The molecule has 0 bridgehead atoms. The Morgan fingerprint density at radius 1 is 1.37 bits per heavy atom. The molecule has 0 aliphatic carbocycles. The highest BCUT2D eigenvalue weighted by Gasteiger charge is 2.28. The zero-order valence-corrected chi connectivity index (χ0v) is 15.0. The lowest BCUT2D eigenvalue weighted by Crippen LogP contribution is -2.27. The van der Waals surface area contributed by atoms with Crippen LogP contribution in [0.2, 0.25) is 0 Å². The van der Waals surface area contributed by atoms with Gasteiger partial charge < -0.3 is 20.9 Å². The summed E-state index contributed by atoms with van der Waals surface area (Å²) >= 11 is 0. The number of aryl methyl sites for hydroxylation is 1. The molecule has 152 valence electrons. The molecular formula is C17H25F3N4O3. The number of hydrogen-bond donors (Lipinski definition) is 3. The smallest absolute Gasteiger partial charge is 0.422 e. The van der Waals surface area contributed by atoms with Gasteiger partial charge in [0.05, 0.1) is 12.2 Å². The van der Waals surface area contributed by atoms with E-state index in [-0.39, 0.29) is 20.3 Å². The van der Waals surface area contributed by atoms with E-state index in [4.69, 9.17) is 10.8 Å². The first-order chi connectivity index (χ1) is 12.6. The van der Waals surface area contributed by atoms with Gasteiger partial charge in [0.2, 0.25) is 0 Å². The van der Waals surface area contributed by atoms with Gasteiger partial charge in [0.15, 0.2) is 6.61 Å². The molecule has 1 amide bonds. The first-order valence-electron chi connectivity index (χ1n) is 7.79. The van der Waals surface area contributed by atoms with Gasteiger partial charge in [0.25, 0.3) is 5.91 Å². The molecule has 2 aromatic heterocycles. The number of aliphatic hydroxyl groups is 1. The maximum atomic E-state index is 12.2.